The molecule has 0 aliphatic carbocycles. The van der Waals surface area contributed by atoms with Gasteiger partial charge in [0.05, 0.1) is 33.6 Å². The van der Waals surface area contributed by atoms with Crippen molar-refractivity contribution < 1.29 is 31.2 Å². The lowest BCUT2D eigenvalue weighted by Gasteiger charge is -2.36. The van der Waals surface area contributed by atoms with Gasteiger partial charge >= 0.3 is 6.18 Å². The quantitative estimate of drug-likeness (QED) is 0.192. The number of benzene rings is 2. The van der Waals surface area contributed by atoms with E-state index in [1.165, 1.54) is 18.2 Å². The molecule has 1 aliphatic heterocycles. The molecule has 258 valence electrons. The molecule has 0 spiro atoms. The number of β-amino-alcohol motifs (C(OH)–C–C–N with tert-alkyl or cyclic N) is 1. The lowest BCUT2D eigenvalue weighted by atomic mass is 10.0. The number of aliphatic hydroxyl groups is 1. The Bertz CT molecular complexity index is 2260. The Balaban J connectivity index is 1.34. The minimum absolute atomic E-state index is 0.0787. The average molecular weight is 704 g/mol. The molecule has 4 aromatic heterocycles. The topological polar surface area (TPSA) is 139 Å². The van der Waals surface area contributed by atoms with Gasteiger partial charge in [0.15, 0.2) is 5.65 Å². The fourth-order valence-corrected chi connectivity index (χ4v) is 7.76. The van der Waals surface area contributed by atoms with Crippen molar-refractivity contribution in [3.8, 4) is 22.5 Å². The molecular weight excluding hydrogens is 671 g/mol. The highest BCUT2D eigenvalue weighted by Gasteiger charge is 2.37. The van der Waals surface area contributed by atoms with E-state index in [9.17, 15) is 26.7 Å². The first-order valence-electron chi connectivity index (χ1n) is 15.8. The van der Waals surface area contributed by atoms with Crippen molar-refractivity contribution in [3.63, 3.8) is 0 Å². The normalized spacial score (nSPS) is 17.3. The van der Waals surface area contributed by atoms with Crippen molar-refractivity contribution in [1.82, 2.24) is 29.0 Å². The molecule has 6 aromatic rings. The molecule has 15 heteroatoms. The first-order chi connectivity index (χ1) is 23.9. The predicted octanol–water partition coefficient (Wildman–Crippen LogP) is 6.07. The number of fused-ring (bicyclic) bond motifs is 1. The molecule has 0 bridgehead atoms. The first kappa shape index (κ1) is 33.4. The van der Waals surface area contributed by atoms with E-state index in [1.54, 1.807) is 38.1 Å². The molecule has 0 amide bonds. The number of rotatable bonds is 8. The van der Waals surface area contributed by atoms with E-state index in [0.717, 1.165) is 15.7 Å². The zero-order chi connectivity index (χ0) is 35.2. The molecule has 7 rings (SSSR count). The number of hydrogen-bond acceptors (Lipinski definition) is 10. The number of piperidine rings is 1. The van der Waals surface area contributed by atoms with Crippen LogP contribution in [0.15, 0.2) is 94.6 Å². The maximum atomic E-state index is 14.6. The number of anilines is 1. The fraction of sp³-hybridized carbons (Fsp3) is 0.257. The molecule has 2 N–H and O–H groups in total. The molecule has 50 heavy (non-hydrogen) atoms. The van der Waals surface area contributed by atoms with E-state index >= 15 is 0 Å². The van der Waals surface area contributed by atoms with Crippen LogP contribution in [0.1, 0.15) is 29.0 Å². The van der Waals surface area contributed by atoms with E-state index < -0.39 is 33.6 Å². The standard InChI is InChI=1S/C35H32F3N7O4S/c1-21-31(22(2)49-43-21)30-14-13-27-28(20-45(33(27)41-30)50(47,48)26-11-7-4-8-12-26)32-29(35(36,37)38)16-39-34(42-32)40-24-15-25(46)19-44(18-24)17-23-9-5-3-6-10-23/h3-14,16,20,24-25,46H,15,17-19H2,1-2H3,(H,39,40,42)/t24-,25+/m0/s1. The zero-order valence-corrected chi connectivity index (χ0v) is 27.8. The van der Waals surface area contributed by atoms with Crippen LogP contribution in [0, 0.1) is 13.8 Å². The fourth-order valence-electron chi connectivity index (χ4n) is 6.42. The van der Waals surface area contributed by atoms with Gasteiger partial charge in [-0.1, -0.05) is 53.7 Å². The van der Waals surface area contributed by atoms with Gasteiger partial charge in [0.25, 0.3) is 10.0 Å². The molecule has 1 fully saturated rings. The van der Waals surface area contributed by atoms with Crippen LogP contribution in [-0.2, 0) is 22.7 Å². The number of hydrogen-bond donors (Lipinski definition) is 2. The van der Waals surface area contributed by atoms with Gasteiger partial charge in [-0.05, 0) is 50.1 Å². The van der Waals surface area contributed by atoms with Crippen LogP contribution in [0.2, 0.25) is 0 Å². The third kappa shape index (κ3) is 6.46. The van der Waals surface area contributed by atoms with E-state index in [1.807, 2.05) is 30.3 Å². The van der Waals surface area contributed by atoms with E-state index in [-0.39, 0.29) is 33.5 Å². The Kier molecular flexibility index (Phi) is 8.66. The molecule has 0 saturated carbocycles. The summed E-state index contributed by atoms with van der Waals surface area (Å²) in [7, 11) is -4.34. The number of nitrogens with one attached hydrogen (secondary N) is 1. The van der Waals surface area contributed by atoms with E-state index in [0.29, 0.717) is 55.0 Å². The summed E-state index contributed by atoms with van der Waals surface area (Å²) in [6.07, 6.45) is -3.43. The maximum absolute atomic E-state index is 14.6. The smallest absolute Gasteiger partial charge is 0.392 e. The van der Waals surface area contributed by atoms with Crippen LogP contribution in [0.4, 0.5) is 19.1 Å². The highest BCUT2D eigenvalue weighted by Crippen LogP contribution is 2.41. The number of alkyl halides is 3. The molecule has 1 aliphatic rings. The van der Waals surface area contributed by atoms with Gasteiger partial charge in [-0.3, -0.25) is 4.90 Å². The van der Waals surface area contributed by atoms with Crippen molar-refractivity contribution in [2.75, 3.05) is 18.4 Å². The summed E-state index contributed by atoms with van der Waals surface area (Å²) in [5.74, 6) is 0.346. The number of aryl methyl sites for hydroxylation is 2. The van der Waals surface area contributed by atoms with Gasteiger partial charge in [-0.15, -0.1) is 0 Å². The molecule has 5 heterocycles. The summed E-state index contributed by atoms with van der Waals surface area (Å²) in [4.78, 5) is 15.0. The van der Waals surface area contributed by atoms with Crippen LogP contribution in [0.5, 0.6) is 0 Å². The summed E-state index contributed by atoms with van der Waals surface area (Å²) in [6, 6.07) is 20.0. The molecule has 11 nitrogen and oxygen atoms in total. The second-order valence-corrected chi connectivity index (χ2v) is 14.1. The Morgan fingerprint density at radius 2 is 1.70 bits per heavy atom. The summed E-state index contributed by atoms with van der Waals surface area (Å²) in [6.45, 7) is 4.89. The number of nitrogens with zero attached hydrogens (tertiary/aromatic N) is 6. The minimum atomic E-state index is -4.88. The molecule has 2 atom stereocenters. The van der Waals surface area contributed by atoms with Crippen LogP contribution in [0.25, 0.3) is 33.5 Å². The SMILES string of the molecule is Cc1noc(C)c1-c1ccc2c(-c3nc(N[C@H]4C[C@@H](O)CN(Cc5ccccc5)C4)ncc3C(F)(F)F)cn(S(=O)(=O)c3ccccc3)c2n1. The highest BCUT2D eigenvalue weighted by molar-refractivity contribution is 7.90. The van der Waals surface area contributed by atoms with Crippen molar-refractivity contribution in [2.45, 2.75) is 50.0 Å². The third-order valence-corrected chi connectivity index (χ3v) is 10.3. The maximum Gasteiger partial charge on any atom is 0.419 e. The van der Waals surface area contributed by atoms with Crippen LogP contribution >= 0.6 is 0 Å². The zero-order valence-electron chi connectivity index (χ0n) is 27.0. The average Bonchev–Trinajstić information content (AvgIpc) is 3.64. The molecule has 0 unspecified atom stereocenters. The van der Waals surface area contributed by atoms with Crippen molar-refractivity contribution in [2.24, 2.45) is 0 Å². The van der Waals surface area contributed by atoms with Crippen LogP contribution in [0.3, 0.4) is 0 Å². The largest absolute Gasteiger partial charge is 0.419 e. The summed E-state index contributed by atoms with van der Waals surface area (Å²) >= 11 is 0. The molecule has 0 radical (unpaired) electrons. The number of halogens is 3. The number of likely N-dealkylation sites (tertiary alicyclic amines) is 1. The lowest BCUT2D eigenvalue weighted by Crippen LogP contribution is -2.48. The van der Waals surface area contributed by atoms with Crippen LogP contribution in [-0.4, -0.2) is 67.7 Å². The van der Waals surface area contributed by atoms with E-state index in [2.05, 4.69) is 30.3 Å². The van der Waals surface area contributed by atoms with Gasteiger partial charge in [0, 0.05) is 49.0 Å². The Morgan fingerprint density at radius 3 is 2.38 bits per heavy atom. The molecular formula is C35H32F3N7O4S. The van der Waals surface area contributed by atoms with Gasteiger partial charge in [-0.25, -0.2) is 27.3 Å². The molecule has 2 aromatic carbocycles. The molecule has 1 saturated heterocycles. The monoisotopic (exact) mass is 703 g/mol. The lowest BCUT2D eigenvalue weighted by molar-refractivity contribution is -0.137. The highest BCUT2D eigenvalue weighted by atomic mass is 32.2. The van der Waals surface area contributed by atoms with Gasteiger partial charge < -0.3 is 14.9 Å². The third-order valence-electron chi connectivity index (χ3n) is 8.65. The van der Waals surface area contributed by atoms with Crippen molar-refractivity contribution in [1.29, 1.82) is 0 Å². The second-order valence-electron chi connectivity index (χ2n) is 12.3. The van der Waals surface area contributed by atoms with Crippen molar-refractivity contribution >= 4 is 27.0 Å². The summed E-state index contributed by atoms with van der Waals surface area (Å²) in [5.41, 5.74) is 0.563. The van der Waals surface area contributed by atoms with E-state index in [4.69, 9.17) is 4.52 Å². The predicted molar refractivity (Wildman–Crippen MR) is 180 cm³/mol. The number of pyridine rings is 1. The first-order valence-corrected chi connectivity index (χ1v) is 17.2. The Labute approximate surface area is 285 Å². The Morgan fingerprint density at radius 1 is 0.980 bits per heavy atom. The van der Waals surface area contributed by atoms with Crippen molar-refractivity contribution in [3.05, 3.63) is 108 Å². The van der Waals surface area contributed by atoms with Crippen LogP contribution < -0.4 is 5.32 Å². The van der Waals surface area contributed by atoms with Gasteiger partial charge in [0.2, 0.25) is 5.95 Å². The Hall–Kier alpha value is -5.12. The number of aromatic nitrogens is 5. The minimum Gasteiger partial charge on any atom is -0.392 e. The van der Waals surface area contributed by atoms with Gasteiger partial charge in [0.1, 0.15) is 11.3 Å². The number of aliphatic hydroxyl groups excluding tert-OH is 1. The van der Waals surface area contributed by atoms with Gasteiger partial charge in [-0.2, -0.15) is 13.2 Å². The second kappa shape index (κ2) is 13.0. The summed E-state index contributed by atoms with van der Waals surface area (Å²) in [5, 5.41) is 17.9. The summed E-state index contributed by atoms with van der Waals surface area (Å²) < 4.78 is 78.0.